The molecule has 2 aliphatic rings. The third kappa shape index (κ3) is 3.40. The molecule has 0 aromatic heterocycles. The number of piperidine rings is 1. The fraction of sp³-hybridized carbons (Fsp3) is 0.833. The zero-order chi connectivity index (χ0) is 16.7. The summed E-state index contributed by atoms with van der Waals surface area (Å²) in [6.07, 6.45) is 0.503. The SMILES string of the molecule is CCN1C[C@@H]2C[C@@H](N(C)OS(=O)(=O)O)CN(C(C)=O)[C@@H]2C1=O. The number of likely N-dealkylation sites (tertiary alicyclic amines) is 2. The van der Waals surface area contributed by atoms with Crippen molar-refractivity contribution < 1.29 is 26.8 Å². The molecule has 0 spiro atoms. The van der Waals surface area contributed by atoms with Crippen LogP contribution in [0, 0.1) is 5.92 Å². The van der Waals surface area contributed by atoms with Crippen LogP contribution in [-0.2, 0) is 24.3 Å². The van der Waals surface area contributed by atoms with E-state index in [0.29, 0.717) is 19.5 Å². The van der Waals surface area contributed by atoms with E-state index in [-0.39, 0.29) is 24.3 Å². The van der Waals surface area contributed by atoms with E-state index in [1.54, 1.807) is 4.90 Å². The topological polar surface area (TPSA) is 107 Å². The number of hydrogen-bond donors (Lipinski definition) is 1. The Balaban J connectivity index is 2.19. The van der Waals surface area contributed by atoms with Crippen LogP contribution in [0.15, 0.2) is 0 Å². The first kappa shape index (κ1) is 17.1. The van der Waals surface area contributed by atoms with Gasteiger partial charge in [-0.25, -0.2) is 0 Å². The Morgan fingerprint density at radius 1 is 1.45 bits per heavy atom. The average molecular weight is 335 g/mol. The van der Waals surface area contributed by atoms with Gasteiger partial charge in [-0.1, -0.05) is 0 Å². The van der Waals surface area contributed by atoms with Gasteiger partial charge in [-0.2, -0.15) is 17.8 Å². The molecule has 0 aromatic carbocycles. The number of amides is 2. The van der Waals surface area contributed by atoms with E-state index < -0.39 is 22.5 Å². The highest BCUT2D eigenvalue weighted by Gasteiger charge is 2.49. The first-order valence-corrected chi connectivity index (χ1v) is 8.46. The van der Waals surface area contributed by atoms with Crippen LogP contribution in [0.25, 0.3) is 0 Å². The molecule has 9 nitrogen and oxygen atoms in total. The van der Waals surface area contributed by atoms with Gasteiger partial charge in [0.05, 0.1) is 6.04 Å². The standard InChI is InChI=1S/C12H21N3O6S/c1-4-14-6-9-5-10(13(3)21-22(18,19)20)7-15(8(2)16)11(9)12(14)17/h9-11H,4-7H2,1-3H3,(H,18,19,20)/t9-,10+,11-/m0/s1. The fourth-order valence-electron chi connectivity index (χ4n) is 3.30. The quantitative estimate of drug-likeness (QED) is 0.525. The summed E-state index contributed by atoms with van der Waals surface area (Å²) in [6, 6.07) is -0.912. The molecule has 126 valence electrons. The maximum absolute atomic E-state index is 12.3. The van der Waals surface area contributed by atoms with Crippen LogP contribution in [0.4, 0.5) is 0 Å². The third-order valence-electron chi connectivity index (χ3n) is 4.30. The molecular formula is C12H21N3O6S. The number of carbonyl (C=O) groups excluding carboxylic acids is 2. The normalized spacial score (nSPS) is 29.1. The Hall–Kier alpha value is -1.23. The van der Waals surface area contributed by atoms with E-state index in [9.17, 15) is 18.0 Å². The first-order valence-electron chi connectivity index (χ1n) is 7.10. The zero-order valence-corrected chi connectivity index (χ0v) is 13.6. The maximum Gasteiger partial charge on any atom is 0.413 e. The molecule has 2 saturated heterocycles. The van der Waals surface area contributed by atoms with Gasteiger partial charge in [-0.3, -0.25) is 14.1 Å². The van der Waals surface area contributed by atoms with Crippen molar-refractivity contribution in [3.63, 3.8) is 0 Å². The van der Waals surface area contributed by atoms with Gasteiger partial charge in [0.1, 0.15) is 6.04 Å². The second-order valence-electron chi connectivity index (χ2n) is 5.69. The summed E-state index contributed by atoms with van der Waals surface area (Å²) in [6.45, 7) is 4.52. The van der Waals surface area contributed by atoms with Crippen LogP contribution in [0.1, 0.15) is 20.3 Å². The van der Waals surface area contributed by atoms with Gasteiger partial charge < -0.3 is 9.80 Å². The summed E-state index contributed by atoms with van der Waals surface area (Å²) in [7, 11) is -3.23. The third-order valence-corrected chi connectivity index (χ3v) is 4.72. The molecule has 2 heterocycles. The highest BCUT2D eigenvalue weighted by atomic mass is 32.3. The van der Waals surface area contributed by atoms with Crippen LogP contribution < -0.4 is 0 Å². The Bertz CT molecular complexity index is 565. The van der Waals surface area contributed by atoms with Gasteiger partial charge in [0.25, 0.3) is 0 Å². The molecule has 10 heteroatoms. The molecule has 2 rings (SSSR count). The van der Waals surface area contributed by atoms with E-state index in [2.05, 4.69) is 4.28 Å². The number of hydrogen-bond acceptors (Lipinski definition) is 6. The van der Waals surface area contributed by atoms with Crippen molar-refractivity contribution >= 4 is 22.2 Å². The molecule has 2 aliphatic heterocycles. The van der Waals surface area contributed by atoms with E-state index >= 15 is 0 Å². The molecule has 0 aliphatic carbocycles. The van der Waals surface area contributed by atoms with Crippen molar-refractivity contribution in [1.29, 1.82) is 0 Å². The minimum absolute atomic E-state index is 0.0699. The highest BCUT2D eigenvalue weighted by molar-refractivity contribution is 7.80. The number of nitrogens with zero attached hydrogens (tertiary/aromatic N) is 3. The number of likely N-dealkylation sites (N-methyl/N-ethyl adjacent to an activating group) is 2. The summed E-state index contributed by atoms with van der Waals surface area (Å²) >= 11 is 0. The van der Waals surface area contributed by atoms with Crippen molar-refractivity contribution in [3.05, 3.63) is 0 Å². The van der Waals surface area contributed by atoms with Gasteiger partial charge in [-0.05, 0) is 13.3 Å². The van der Waals surface area contributed by atoms with Gasteiger partial charge in [0.15, 0.2) is 0 Å². The summed E-state index contributed by atoms with van der Waals surface area (Å²) in [5.74, 6) is -0.395. The first-order chi connectivity index (χ1) is 10.1. The van der Waals surface area contributed by atoms with Crippen molar-refractivity contribution in [3.8, 4) is 0 Å². The van der Waals surface area contributed by atoms with Crippen molar-refractivity contribution in [1.82, 2.24) is 14.9 Å². The smallest absolute Gasteiger partial charge is 0.341 e. The van der Waals surface area contributed by atoms with Gasteiger partial charge >= 0.3 is 10.4 Å². The lowest BCUT2D eigenvalue weighted by molar-refractivity contribution is -0.150. The largest absolute Gasteiger partial charge is 0.413 e. The fourth-order valence-corrected chi connectivity index (χ4v) is 3.72. The predicted molar refractivity (Wildman–Crippen MR) is 75.7 cm³/mol. The average Bonchev–Trinajstić information content (AvgIpc) is 2.72. The van der Waals surface area contributed by atoms with Gasteiger partial charge in [0.2, 0.25) is 11.8 Å². The maximum atomic E-state index is 12.3. The van der Waals surface area contributed by atoms with E-state index in [0.717, 1.165) is 5.06 Å². The Labute approximate surface area is 129 Å². The number of fused-ring (bicyclic) bond motifs is 1. The van der Waals surface area contributed by atoms with Crippen molar-refractivity contribution in [2.45, 2.75) is 32.4 Å². The lowest BCUT2D eigenvalue weighted by atomic mass is 9.88. The summed E-state index contributed by atoms with van der Waals surface area (Å²) in [4.78, 5) is 27.4. The van der Waals surface area contributed by atoms with Crippen LogP contribution in [0.3, 0.4) is 0 Å². The molecule has 0 aromatic rings. The Morgan fingerprint density at radius 3 is 2.59 bits per heavy atom. The molecule has 0 saturated carbocycles. The molecular weight excluding hydrogens is 314 g/mol. The molecule has 0 unspecified atom stereocenters. The van der Waals surface area contributed by atoms with Crippen LogP contribution in [-0.4, -0.2) is 78.4 Å². The highest BCUT2D eigenvalue weighted by Crippen LogP contribution is 2.33. The molecule has 2 fully saturated rings. The Morgan fingerprint density at radius 2 is 2.09 bits per heavy atom. The molecule has 0 bridgehead atoms. The van der Waals surface area contributed by atoms with E-state index in [1.807, 2.05) is 6.92 Å². The number of hydroxylamine groups is 2. The van der Waals surface area contributed by atoms with Crippen LogP contribution in [0.2, 0.25) is 0 Å². The summed E-state index contributed by atoms with van der Waals surface area (Å²) in [5.41, 5.74) is 0. The Kier molecular flexibility index (Phi) is 4.76. The van der Waals surface area contributed by atoms with Crippen molar-refractivity contribution in [2.75, 3.05) is 26.7 Å². The monoisotopic (exact) mass is 335 g/mol. The lowest BCUT2D eigenvalue weighted by Gasteiger charge is -2.41. The van der Waals surface area contributed by atoms with E-state index in [1.165, 1.54) is 18.9 Å². The minimum Gasteiger partial charge on any atom is -0.341 e. The minimum atomic E-state index is -4.61. The molecule has 1 N–H and O–H groups in total. The number of rotatable bonds is 4. The van der Waals surface area contributed by atoms with E-state index in [4.69, 9.17) is 4.55 Å². The predicted octanol–water partition coefficient (Wildman–Crippen LogP) is -0.880. The van der Waals surface area contributed by atoms with Gasteiger partial charge in [-0.15, -0.1) is 0 Å². The molecule has 2 amide bonds. The number of carbonyl (C=O) groups is 2. The molecule has 0 radical (unpaired) electrons. The van der Waals surface area contributed by atoms with Crippen molar-refractivity contribution in [2.24, 2.45) is 5.92 Å². The molecule has 3 atom stereocenters. The summed E-state index contributed by atoms with van der Waals surface area (Å²) < 4.78 is 34.9. The lowest BCUT2D eigenvalue weighted by Crippen LogP contribution is -2.57. The second-order valence-corrected chi connectivity index (χ2v) is 6.70. The summed E-state index contributed by atoms with van der Waals surface area (Å²) in [5, 5.41) is 1.03. The van der Waals surface area contributed by atoms with Crippen LogP contribution >= 0.6 is 0 Å². The van der Waals surface area contributed by atoms with Gasteiger partial charge in [0, 0.05) is 39.5 Å². The zero-order valence-electron chi connectivity index (χ0n) is 12.8. The molecule has 22 heavy (non-hydrogen) atoms. The van der Waals surface area contributed by atoms with Crippen LogP contribution in [0.5, 0.6) is 0 Å². The second kappa shape index (κ2) is 6.11.